The Bertz CT molecular complexity index is 1260. The van der Waals surface area contributed by atoms with E-state index in [1.165, 1.54) is 0 Å². The molecule has 0 aromatic rings. The lowest BCUT2D eigenvalue weighted by Crippen LogP contribution is -2.59. The van der Waals surface area contributed by atoms with Crippen molar-refractivity contribution in [1.82, 2.24) is 5.32 Å². The molecule has 1 unspecified atom stereocenters. The Morgan fingerprint density at radius 2 is 1.61 bits per heavy atom. The molecule has 0 bridgehead atoms. The predicted octanol–water partition coefficient (Wildman–Crippen LogP) is 5.15. The van der Waals surface area contributed by atoms with E-state index in [-0.39, 0.29) is 103 Å². The van der Waals surface area contributed by atoms with Crippen LogP contribution in [0.3, 0.4) is 0 Å². The number of carbonyl (C=O) groups excluding carboxylic acids is 2. The first-order valence-electron chi connectivity index (χ1n) is 19.6. The van der Waals surface area contributed by atoms with E-state index in [0.717, 1.165) is 50.5 Å². The summed E-state index contributed by atoms with van der Waals surface area (Å²) in [7, 11) is 6.93. The number of cyclic esters (lactones) is 1. The summed E-state index contributed by atoms with van der Waals surface area (Å²) < 4.78 is 49.4. The fraction of sp³-hybridized carbons (Fsp3) is 0.850. The quantitative estimate of drug-likeness (QED) is 0.252. The van der Waals surface area contributed by atoms with Crippen molar-refractivity contribution in [3.63, 3.8) is 0 Å². The Morgan fingerprint density at radius 3 is 2.29 bits per heavy atom. The van der Waals surface area contributed by atoms with Crippen molar-refractivity contribution < 1.29 is 47.5 Å². The Balaban J connectivity index is 1.21. The number of fused-ring (bicyclic) bond motifs is 5. The van der Waals surface area contributed by atoms with Crippen LogP contribution in [0.25, 0.3) is 0 Å². The molecule has 0 spiro atoms. The van der Waals surface area contributed by atoms with E-state index >= 15 is 0 Å². The molecule has 1 saturated carbocycles. The van der Waals surface area contributed by atoms with Gasteiger partial charge in [0.15, 0.2) is 18.4 Å². The highest BCUT2D eigenvalue weighted by Crippen LogP contribution is 2.54. The molecule has 17 atom stereocenters. The molecule has 11 heteroatoms. The molecule has 3 heterocycles. The minimum atomic E-state index is -0.593. The molecule has 0 amide bonds. The van der Waals surface area contributed by atoms with Gasteiger partial charge in [-0.3, -0.25) is 9.59 Å². The number of hydrogen-bond donors (Lipinski definition) is 1. The second-order valence-corrected chi connectivity index (χ2v) is 15.9. The van der Waals surface area contributed by atoms with Crippen LogP contribution < -0.4 is 5.32 Å². The van der Waals surface area contributed by atoms with E-state index in [9.17, 15) is 9.59 Å². The third kappa shape index (κ3) is 8.21. The lowest BCUT2D eigenvalue weighted by molar-refractivity contribution is -0.314. The molecule has 11 nitrogen and oxygen atoms in total. The molecular weight excluding hydrogens is 654 g/mol. The lowest BCUT2D eigenvalue weighted by Gasteiger charge is -2.44. The van der Waals surface area contributed by atoms with Crippen LogP contribution >= 0.6 is 0 Å². The topological polar surface area (TPSA) is 120 Å². The Labute approximate surface area is 304 Å². The zero-order valence-corrected chi connectivity index (χ0v) is 32.0. The number of methoxy groups -OCH3 is 3. The average molecular weight is 718 g/mol. The van der Waals surface area contributed by atoms with E-state index < -0.39 is 12.4 Å². The van der Waals surface area contributed by atoms with Gasteiger partial charge in [-0.2, -0.15) is 0 Å². The van der Waals surface area contributed by atoms with Crippen LogP contribution in [0, 0.1) is 35.5 Å². The number of ether oxygens (including phenoxy) is 8. The molecule has 3 aliphatic carbocycles. The molecule has 3 aliphatic heterocycles. The third-order valence-electron chi connectivity index (χ3n) is 13.0. The molecule has 0 radical (unpaired) electrons. The number of Topliss-reactive ketones (excluding diaryl/α,β-unsaturated/α-hetero) is 1. The Hall–Kier alpha value is -1.70. The molecule has 51 heavy (non-hydrogen) atoms. The Morgan fingerprint density at radius 1 is 0.843 bits per heavy atom. The van der Waals surface area contributed by atoms with Gasteiger partial charge in [-0.1, -0.05) is 32.1 Å². The minimum Gasteiger partial charge on any atom is -0.462 e. The molecule has 6 rings (SSSR count). The second-order valence-electron chi connectivity index (χ2n) is 15.9. The van der Waals surface area contributed by atoms with Gasteiger partial charge in [-0.05, 0) is 102 Å². The summed E-state index contributed by atoms with van der Waals surface area (Å²) in [5.74, 6) is 0.0185. The van der Waals surface area contributed by atoms with Crippen molar-refractivity contribution in [1.29, 1.82) is 0 Å². The molecule has 0 aromatic heterocycles. The van der Waals surface area contributed by atoms with Crippen molar-refractivity contribution >= 4 is 11.8 Å². The fourth-order valence-electron chi connectivity index (χ4n) is 10.1. The largest absolute Gasteiger partial charge is 0.462 e. The summed E-state index contributed by atoms with van der Waals surface area (Å²) in [5.41, 5.74) is 0.761. The number of nitrogens with one attached hydrogen (secondary N) is 1. The standard InChI is InChI=1S/C40H63NO10/c1-9-25-11-10-12-33(51-35-16-15-32(41-5)22(3)47-35)21(2)36(43)31-19-29-27(30(31)20-34(42)49-25)14-13-24-17-26(18-28(24)29)50-40-39(46-8)38(45-7)37(44-6)23(4)48-40/h13-14,19,21-30,32-33,35,37-41H,9-12,15-18,20H2,1-8H3/t21-,22-,23+,24-,25+,26-,27-,28-,29-,30+,32+,33+,35+,37+,38-,39?,40+/m1/s1. The van der Waals surface area contributed by atoms with Crippen LogP contribution in [0.1, 0.15) is 85.5 Å². The highest BCUT2D eigenvalue weighted by Gasteiger charge is 2.52. The first-order chi connectivity index (χ1) is 24.6. The van der Waals surface area contributed by atoms with E-state index in [4.69, 9.17) is 37.9 Å². The van der Waals surface area contributed by atoms with Crippen molar-refractivity contribution in [2.24, 2.45) is 35.5 Å². The van der Waals surface area contributed by atoms with Crippen molar-refractivity contribution in [3.05, 3.63) is 23.8 Å². The number of ketones is 1. The maximum atomic E-state index is 14.6. The lowest BCUT2D eigenvalue weighted by atomic mass is 9.70. The van der Waals surface area contributed by atoms with E-state index in [1.807, 2.05) is 20.9 Å². The highest BCUT2D eigenvalue weighted by molar-refractivity contribution is 5.99. The van der Waals surface area contributed by atoms with Crippen molar-refractivity contribution in [3.8, 4) is 0 Å². The number of carbonyl (C=O) groups is 2. The minimum absolute atomic E-state index is 0.0241. The van der Waals surface area contributed by atoms with E-state index in [0.29, 0.717) is 12.3 Å². The highest BCUT2D eigenvalue weighted by atomic mass is 16.7. The molecule has 0 aromatic carbocycles. The van der Waals surface area contributed by atoms with Gasteiger partial charge >= 0.3 is 5.97 Å². The number of hydrogen-bond acceptors (Lipinski definition) is 11. The molecule has 1 N–H and O–H groups in total. The molecule has 6 aliphatic rings. The zero-order chi connectivity index (χ0) is 36.4. The Kier molecular flexibility index (Phi) is 13.1. The van der Waals surface area contributed by atoms with Gasteiger partial charge < -0.3 is 43.2 Å². The van der Waals surface area contributed by atoms with Crippen LogP contribution in [-0.2, 0) is 47.5 Å². The zero-order valence-electron chi connectivity index (χ0n) is 32.0. The van der Waals surface area contributed by atoms with E-state index in [1.54, 1.807) is 21.3 Å². The van der Waals surface area contributed by atoms with Gasteiger partial charge in [0.2, 0.25) is 0 Å². The SMILES string of the molecule is CC[C@H]1CCC[C@H](O[C@H]2CC[C@H](NC)[C@@H](C)O2)[C@@H](C)C(=O)C2=C[C@@H]3[C@@H](C=C[C@@H]4C[C@@H](O[C@@H]5O[C@@H](C)[C@H](OC)[C@@H](OC)C5OC)C[C@@H]34)[C@@H]2CC(=O)O1. The van der Waals surface area contributed by atoms with Gasteiger partial charge in [0.25, 0.3) is 0 Å². The molecular formula is C40H63NO10. The second kappa shape index (κ2) is 17.2. The number of allylic oxidation sites excluding steroid dienone is 4. The van der Waals surface area contributed by atoms with E-state index in [2.05, 4.69) is 37.4 Å². The summed E-state index contributed by atoms with van der Waals surface area (Å²) in [6.07, 6.45) is 10.8. The monoisotopic (exact) mass is 717 g/mol. The summed E-state index contributed by atoms with van der Waals surface area (Å²) in [6.45, 7) is 8.12. The third-order valence-corrected chi connectivity index (χ3v) is 13.0. The van der Waals surface area contributed by atoms with Crippen LogP contribution in [-0.4, -0.2) is 108 Å². The summed E-state index contributed by atoms with van der Waals surface area (Å²) in [6, 6.07) is 0.288. The van der Waals surface area contributed by atoms with Crippen LogP contribution in [0.4, 0.5) is 0 Å². The first kappa shape index (κ1) is 39.0. The summed E-state index contributed by atoms with van der Waals surface area (Å²) in [5, 5.41) is 3.34. The van der Waals surface area contributed by atoms with Crippen LogP contribution in [0.5, 0.6) is 0 Å². The van der Waals surface area contributed by atoms with Gasteiger partial charge in [0, 0.05) is 39.2 Å². The normalized spacial score (nSPS) is 46.3. The number of rotatable bonds is 9. The van der Waals surface area contributed by atoms with Crippen LogP contribution in [0.15, 0.2) is 23.8 Å². The summed E-state index contributed by atoms with van der Waals surface area (Å²) >= 11 is 0. The number of esters is 1. The molecule has 4 fully saturated rings. The fourth-order valence-corrected chi connectivity index (χ4v) is 10.1. The van der Waals surface area contributed by atoms with Gasteiger partial charge in [0.1, 0.15) is 24.4 Å². The predicted molar refractivity (Wildman–Crippen MR) is 190 cm³/mol. The van der Waals surface area contributed by atoms with Gasteiger partial charge in [-0.25, -0.2) is 0 Å². The average Bonchev–Trinajstić information content (AvgIpc) is 3.70. The molecule has 288 valence electrons. The van der Waals surface area contributed by atoms with Crippen LogP contribution in [0.2, 0.25) is 0 Å². The molecule has 3 saturated heterocycles. The summed E-state index contributed by atoms with van der Waals surface area (Å²) in [4.78, 5) is 28.1. The van der Waals surface area contributed by atoms with Crippen molar-refractivity contribution in [2.45, 2.75) is 153 Å². The number of likely N-dealkylation sites (N-methyl/N-ethyl adjacent to an activating group) is 1. The van der Waals surface area contributed by atoms with Crippen molar-refractivity contribution in [2.75, 3.05) is 28.4 Å². The van der Waals surface area contributed by atoms with Gasteiger partial charge in [-0.15, -0.1) is 0 Å². The maximum absolute atomic E-state index is 14.6. The smallest absolute Gasteiger partial charge is 0.306 e. The van der Waals surface area contributed by atoms with Gasteiger partial charge in [0.05, 0.1) is 30.8 Å². The first-order valence-corrected chi connectivity index (χ1v) is 19.6. The maximum Gasteiger partial charge on any atom is 0.306 e.